The predicted octanol–water partition coefficient (Wildman–Crippen LogP) is 3.02. The monoisotopic (exact) mass is 379 g/mol. The van der Waals surface area contributed by atoms with Gasteiger partial charge in [-0.2, -0.15) is 0 Å². The normalized spacial score (nSPS) is 22.0. The van der Waals surface area contributed by atoms with Crippen molar-refractivity contribution < 1.29 is 19.1 Å². The summed E-state index contributed by atoms with van der Waals surface area (Å²) in [6.45, 7) is 6.13. The van der Waals surface area contributed by atoms with Gasteiger partial charge < -0.3 is 14.3 Å². The summed E-state index contributed by atoms with van der Waals surface area (Å²) in [6, 6.07) is 17.8. The van der Waals surface area contributed by atoms with E-state index in [2.05, 4.69) is 13.6 Å². The molecule has 0 aromatic heterocycles. The lowest BCUT2D eigenvalue weighted by molar-refractivity contribution is -0.920. The van der Waals surface area contributed by atoms with Crippen molar-refractivity contribution in [2.24, 2.45) is 0 Å². The quantitative estimate of drug-likeness (QED) is 0.402. The van der Waals surface area contributed by atoms with E-state index >= 15 is 0 Å². The van der Waals surface area contributed by atoms with Crippen molar-refractivity contribution in [1.82, 2.24) is 0 Å². The minimum Gasteiger partial charge on any atom is -0.834 e. The van der Waals surface area contributed by atoms with E-state index in [4.69, 9.17) is 4.74 Å². The maximum absolute atomic E-state index is 13.9. The van der Waals surface area contributed by atoms with Gasteiger partial charge in [0.25, 0.3) is 0 Å². The first-order chi connectivity index (χ1) is 13.5. The molecule has 1 aliphatic rings. The summed E-state index contributed by atoms with van der Waals surface area (Å²) < 4.78 is 6.55. The summed E-state index contributed by atoms with van der Waals surface area (Å²) >= 11 is 0. The molecule has 0 radical (unpaired) electrons. The molecule has 1 saturated heterocycles. The van der Waals surface area contributed by atoms with Gasteiger partial charge in [-0.05, 0) is 11.1 Å². The van der Waals surface area contributed by atoms with Crippen molar-refractivity contribution in [2.75, 3.05) is 26.7 Å². The van der Waals surface area contributed by atoms with Crippen LogP contribution in [0.5, 0.6) is 0 Å². The molecule has 28 heavy (non-hydrogen) atoms. The topological polar surface area (TPSA) is 49.4 Å². The second-order valence-electron chi connectivity index (χ2n) is 7.81. The molecule has 0 amide bonds. The molecular formula is C24H29NO3. The van der Waals surface area contributed by atoms with Gasteiger partial charge >= 0.3 is 5.97 Å². The Kier molecular flexibility index (Phi) is 6.32. The van der Waals surface area contributed by atoms with Crippen LogP contribution in [0.3, 0.4) is 0 Å². The highest BCUT2D eigenvalue weighted by atomic mass is 16.6. The molecule has 148 valence electrons. The molecule has 0 saturated carbocycles. The summed E-state index contributed by atoms with van der Waals surface area (Å²) in [7, 11) is 2.20. The summed E-state index contributed by atoms with van der Waals surface area (Å²) in [5, 5.41) is 13.9. The molecule has 4 heteroatoms. The molecule has 2 aromatic carbocycles. The number of nitrogens with zero attached hydrogens (tertiary/aromatic N) is 1. The smallest absolute Gasteiger partial charge is 0.304 e. The number of benzene rings is 2. The minimum absolute atomic E-state index is 0.222. The van der Waals surface area contributed by atoms with Crippen LogP contribution in [0.15, 0.2) is 73.3 Å². The second-order valence-corrected chi connectivity index (χ2v) is 7.81. The Balaban J connectivity index is 1.80. The number of quaternary nitrogens is 1. The van der Waals surface area contributed by atoms with Gasteiger partial charge in [-0.3, -0.25) is 4.79 Å². The third kappa shape index (κ3) is 4.03. The zero-order valence-electron chi connectivity index (χ0n) is 16.5. The number of hydrogen-bond acceptors (Lipinski definition) is 3. The van der Waals surface area contributed by atoms with Crippen LogP contribution in [0.25, 0.3) is 0 Å². The van der Waals surface area contributed by atoms with Gasteiger partial charge in [0, 0.05) is 24.9 Å². The molecule has 0 bridgehead atoms. The van der Waals surface area contributed by atoms with E-state index in [0.29, 0.717) is 11.1 Å². The molecule has 1 unspecified atom stereocenters. The number of likely N-dealkylation sites (N-methyl/N-ethyl adjacent to an activating group) is 1. The first-order valence-corrected chi connectivity index (χ1v) is 9.94. The van der Waals surface area contributed by atoms with Gasteiger partial charge in [0.15, 0.2) is 0 Å². The molecule has 2 atom stereocenters. The lowest BCUT2D eigenvalue weighted by Gasteiger charge is -2.40. The van der Waals surface area contributed by atoms with Crippen molar-refractivity contribution in [3.63, 3.8) is 0 Å². The predicted molar refractivity (Wildman–Crippen MR) is 108 cm³/mol. The molecule has 1 heterocycles. The van der Waals surface area contributed by atoms with Crippen molar-refractivity contribution >= 4 is 5.97 Å². The number of carbonyl (C=O) groups excluding carboxylic acids is 1. The average Bonchev–Trinajstić information content (AvgIpc) is 3.11. The third-order valence-corrected chi connectivity index (χ3v) is 5.99. The Morgan fingerprint density at radius 2 is 1.75 bits per heavy atom. The van der Waals surface area contributed by atoms with Crippen LogP contribution in [0.2, 0.25) is 0 Å². The van der Waals surface area contributed by atoms with E-state index < -0.39 is 11.6 Å². The van der Waals surface area contributed by atoms with E-state index in [1.165, 1.54) is 0 Å². The fraction of sp³-hybridized carbons (Fsp3) is 0.375. The maximum Gasteiger partial charge on any atom is 0.304 e. The van der Waals surface area contributed by atoms with Crippen molar-refractivity contribution in [3.05, 3.63) is 84.4 Å². The Morgan fingerprint density at radius 3 is 2.29 bits per heavy atom. The Morgan fingerprint density at radius 1 is 1.18 bits per heavy atom. The number of esters is 1. The van der Waals surface area contributed by atoms with Crippen LogP contribution in [-0.4, -0.2) is 43.2 Å². The van der Waals surface area contributed by atoms with Gasteiger partial charge in [-0.15, -0.1) is 6.58 Å². The summed E-state index contributed by atoms with van der Waals surface area (Å²) in [6.07, 6.45) is 4.97. The lowest BCUT2D eigenvalue weighted by atomic mass is 9.86. The van der Waals surface area contributed by atoms with Gasteiger partial charge in [-0.1, -0.05) is 66.7 Å². The van der Waals surface area contributed by atoms with Crippen LogP contribution >= 0.6 is 0 Å². The van der Waals surface area contributed by atoms with Gasteiger partial charge in [0.1, 0.15) is 12.6 Å². The number of likely N-dealkylation sites (tertiary alicyclic amines) is 1. The van der Waals surface area contributed by atoms with E-state index in [9.17, 15) is 9.90 Å². The van der Waals surface area contributed by atoms with Crippen molar-refractivity contribution in [1.29, 1.82) is 0 Å². The highest BCUT2D eigenvalue weighted by molar-refractivity contribution is 5.85. The second kappa shape index (κ2) is 8.72. The summed E-state index contributed by atoms with van der Waals surface area (Å²) in [5.41, 5.74) is -1.26. The molecule has 1 fully saturated rings. The Bertz CT molecular complexity index is 751. The third-order valence-electron chi connectivity index (χ3n) is 5.99. The number of rotatable bonds is 8. The van der Waals surface area contributed by atoms with Crippen molar-refractivity contribution in [2.45, 2.75) is 30.9 Å². The molecule has 4 nitrogen and oxygen atoms in total. The molecule has 2 aromatic rings. The zero-order chi connectivity index (χ0) is 20.0. The highest BCUT2D eigenvalue weighted by Crippen LogP contribution is 2.30. The molecule has 0 N–H and O–H groups in total. The van der Waals surface area contributed by atoms with Crippen LogP contribution in [0, 0.1) is 0 Å². The highest BCUT2D eigenvalue weighted by Gasteiger charge is 2.39. The Labute approximate surface area is 167 Å². The minimum atomic E-state index is -2.06. The molecule has 3 rings (SSSR count). The summed E-state index contributed by atoms with van der Waals surface area (Å²) in [4.78, 5) is 13.1. The SMILES string of the molecule is C=CCC[N+]1(C)CCC[C@H]1COC(=O)C([O-])(c1ccccc1)c1ccccc1. The molecule has 1 aliphatic heterocycles. The molecule has 0 aliphatic carbocycles. The van der Waals surface area contributed by atoms with Gasteiger partial charge in [0.05, 0.1) is 20.1 Å². The van der Waals surface area contributed by atoms with Gasteiger partial charge in [0.2, 0.25) is 0 Å². The van der Waals surface area contributed by atoms with Crippen LogP contribution < -0.4 is 5.11 Å². The Hall–Kier alpha value is -2.43. The van der Waals surface area contributed by atoms with E-state index in [1.54, 1.807) is 48.5 Å². The fourth-order valence-corrected chi connectivity index (χ4v) is 4.15. The fourth-order valence-electron chi connectivity index (χ4n) is 4.15. The first-order valence-electron chi connectivity index (χ1n) is 9.94. The van der Waals surface area contributed by atoms with E-state index in [1.807, 2.05) is 18.2 Å². The van der Waals surface area contributed by atoms with Crippen LogP contribution in [0.4, 0.5) is 0 Å². The van der Waals surface area contributed by atoms with Crippen LogP contribution in [-0.2, 0) is 15.1 Å². The standard InChI is InChI=1S/C24H29NO3/c1-3-4-17-25(2)18-11-16-22(25)19-28-23(26)24(27,20-12-7-5-8-13-20)21-14-9-6-10-15-21/h3,5-10,12-15,22H,1,4,11,16-19H2,2H3/t22-,25?/m0/s1. The number of ether oxygens (including phenoxy) is 1. The zero-order valence-corrected chi connectivity index (χ0v) is 16.5. The van der Waals surface area contributed by atoms with E-state index in [0.717, 1.165) is 36.8 Å². The molecular weight excluding hydrogens is 350 g/mol. The van der Waals surface area contributed by atoms with Crippen molar-refractivity contribution in [3.8, 4) is 0 Å². The van der Waals surface area contributed by atoms with Crippen LogP contribution in [0.1, 0.15) is 30.4 Å². The first kappa shape index (κ1) is 20.3. The number of hydrogen-bond donors (Lipinski definition) is 0. The van der Waals surface area contributed by atoms with E-state index in [-0.39, 0.29) is 12.6 Å². The average molecular weight is 380 g/mol. The summed E-state index contributed by atoms with van der Waals surface area (Å²) in [5.74, 6) is -0.730. The number of carbonyl (C=O) groups is 1. The van der Waals surface area contributed by atoms with Gasteiger partial charge in [-0.25, -0.2) is 0 Å². The largest absolute Gasteiger partial charge is 0.834 e. The lowest BCUT2D eigenvalue weighted by Crippen LogP contribution is -2.54. The molecule has 0 spiro atoms. The maximum atomic E-state index is 13.9.